The maximum absolute atomic E-state index is 11.6. The Bertz CT molecular complexity index is 543. The molecule has 8 heteroatoms. The number of fused-ring (bicyclic) bond motifs is 1. The fraction of sp³-hybridized carbons (Fsp3) is 0.643. The van der Waals surface area contributed by atoms with E-state index >= 15 is 0 Å². The highest BCUT2D eigenvalue weighted by molar-refractivity contribution is 8.00. The van der Waals surface area contributed by atoms with E-state index in [0.717, 1.165) is 36.0 Å². The van der Waals surface area contributed by atoms with Gasteiger partial charge in [0.1, 0.15) is 17.0 Å². The fourth-order valence-electron chi connectivity index (χ4n) is 2.60. The smallest absolute Gasteiger partial charge is 0.234 e. The molecule has 0 saturated carbocycles. The lowest BCUT2D eigenvalue weighted by Crippen LogP contribution is -2.28. The quantitative estimate of drug-likeness (QED) is 0.621. The van der Waals surface area contributed by atoms with Gasteiger partial charge in [-0.3, -0.25) is 4.79 Å². The van der Waals surface area contributed by atoms with Crippen LogP contribution in [0.15, 0.2) is 11.4 Å². The molecule has 0 bridgehead atoms. The molecule has 0 unspecified atom stereocenters. The number of thioether (sulfide) groups is 1. The molecule has 3 heterocycles. The molecule has 1 atom stereocenters. The second-order valence-corrected chi connectivity index (χ2v) is 6.10. The van der Waals surface area contributed by atoms with E-state index in [1.165, 1.54) is 11.8 Å². The first-order valence-electron chi connectivity index (χ1n) is 7.50. The third-order valence-electron chi connectivity index (χ3n) is 3.63. The fourth-order valence-corrected chi connectivity index (χ4v) is 3.35. The molecule has 1 aromatic heterocycles. The van der Waals surface area contributed by atoms with Crippen molar-refractivity contribution in [3.8, 4) is 0 Å². The molecule has 1 amide bonds. The van der Waals surface area contributed by atoms with E-state index < -0.39 is 0 Å². The predicted octanol–water partition coefficient (Wildman–Crippen LogP) is 1.15. The normalized spacial score (nSPS) is 20.9. The van der Waals surface area contributed by atoms with Crippen LogP contribution in [0.4, 0.5) is 11.5 Å². The molecule has 1 fully saturated rings. The topological polar surface area (TPSA) is 76.6 Å². The van der Waals surface area contributed by atoms with E-state index in [0.29, 0.717) is 25.6 Å². The van der Waals surface area contributed by atoms with Crippen LogP contribution in [-0.4, -0.2) is 60.6 Å². The van der Waals surface area contributed by atoms with Crippen LogP contribution < -0.4 is 10.2 Å². The lowest BCUT2D eigenvalue weighted by molar-refractivity contribution is -0.113. The third kappa shape index (κ3) is 3.50. The first-order chi connectivity index (χ1) is 10.8. The second-order valence-electron chi connectivity index (χ2n) is 5.14. The highest BCUT2D eigenvalue weighted by Crippen LogP contribution is 2.36. The molecule has 0 aromatic carbocycles. The summed E-state index contributed by atoms with van der Waals surface area (Å²) in [6.07, 6.45) is 2.69. The minimum absolute atomic E-state index is 0.00254. The van der Waals surface area contributed by atoms with Crippen LogP contribution in [0.3, 0.4) is 0 Å². The van der Waals surface area contributed by atoms with E-state index in [1.54, 1.807) is 6.33 Å². The van der Waals surface area contributed by atoms with Crippen molar-refractivity contribution in [1.29, 1.82) is 0 Å². The number of carbonyl (C=O) groups excluding carboxylic acids is 1. The van der Waals surface area contributed by atoms with Crippen molar-refractivity contribution in [1.82, 2.24) is 9.97 Å². The zero-order chi connectivity index (χ0) is 15.4. The molecule has 1 aromatic rings. The minimum atomic E-state index is -0.00254. The van der Waals surface area contributed by atoms with Gasteiger partial charge in [-0.05, 0) is 13.3 Å². The van der Waals surface area contributed by atoms with Crippen LogP contribution in [0.25, 0.3) is 0 Å². The first-order valence-corrected chi connectivity index (χ1v) is 8.48. The number of anilines is 2. The second kappa shape index (κ2) is 7.26. The lowest BCUT2D eigenvalue weighted by atomic mass is 10.3. The zero-order valence-corrected chi connectivity index (χ0v) is 13.4. The maximum atomic E-state index is 11.6. The highest BCUT2D eigenvalue weighted by atomic mass is 32.2. The maximum Gasteiger partial charge on any atom is 0.234 e. The van der Waals surface area contributed by atoms with Gasteiger partial charge in [-0.2, -0.15) is 0 Å². The number of ether oxygens (including phenoxy) is 2. The summed E-state index contributed by atoms with van der Waals surface area (Å²) in [7, 11) is 0. The summed E-state index contributed by atoms with van der Waals surface area (Å²) in [5, 5.41) is 3.73. The Morgan fingerprint density at radius 2 is 2.36 bits per heavy atom. The summed E-state index contributed by atoms with van der Waals surface area (Å²) in [5.41, 5.74) is 0.735. The molecule has 2 aliphatic rings. The summed E-state index contributed by atoms with van der Waals surface area (Å²) in [5.74, 6) is 1.20. The molecule has 1 N–H and O–H groups in total. The average Bonchev–Trinajstić information content (AvgIpc) is 2.99. The molecule has 2 aliphatic heterocycles. The largest absolute Gasteiger partial charge is 0.379 e. The number of hydrogen-bond acceptors (Lipinski definition) is 7. The van der Waals surface area contributed by atoms with Gasteiger partial charge in [0.2, 0.25) is 5.91 Å². The Hall–Kier alpha value is -1.38. The van der Waals surface area contributed by atoms with Crippen molar-refractivity contribution in [3.05, 3.63) is 6.33 Å². The number of hydrogen-bond donors (Lipinski definition) is 1. The molecule has 120 valence electrons. The summed E-state index contributed by atoms with van der Waals surface area (Å²) < 4.78 is 11.1. The molecule has 3 rings (SSSR count). The molecule has 0 aliphatic carbocycles. The highest BCUT2D eigenvalue weighted by Gasteiger charge is 2.29. The Balaban J connectivity index is 1.62. The Morgan fingerprint density at radius 3 is 3.23 bits per heavy atom. The van der Waals surface area contributed by atoms with Crippen molar-refractivity contribution in [2.45, 2.75) is 24.5 Å². The van der Waals surface area contributed by atoms with Crippen molar-refractivity contribution < 1.29 is 14.3 Å². The van der Waals surface area contributed by atoms with Gasteiger partial charge < -0.3 is 19.7 Å². The van der Waals surface area contributed by atoms with Crippen LogP contribution in [0.2, 0.25) is 0 Å². The molecule has 1 saturated heterocycles. The van der Waals surface area contributed by atoms with E-state index in [9.17, 15) is 4.79 Å². The summed E-state index contributed by atoms with van der Waals surface area (Å²) in [6.45, 7) is 5.56. The van der Waals surface area contributed by atoms with E-state index in [1.807, 2.05) is 6.92 Å². The van der Waals surface area contributed by atoms with Crippen LogP contribution in [0, 0.1) is 0 Å². The predicted molar refractivity (Wildman–Crippen MR) is 84.4 cm³/mol. The summed E-state index contributed by atoms with van der Waals surface area (Å²) in [6, 6.07) is 0. The number of nitrogens with one attached hydrogen (secondary N) is 1. The molecule has 7 nitrogen and oxygen atoms in total. The van der Waals surface area contributed by atoms with E-state index in [4.69, 9.17) is 9.47 Å². The van der Waals surface area contributed by atoms with Crippen molar-refractivity contribution >= 4 is 29.2 Å². The number of carbonyl (C=O) groups is 1. The van der Waals surface area contributed by atoms with E-state index in [-0.39, 0.29) is 12.0 Å². The van der Waals surface area contributed by atoms with Gasteiger partial charge in [0.25, 0.3) is 0 Å². The molecule has 0 spiro atoms. The zero-order valence-electron chi connectivity index (χ0n) is 12.6. The number of aromatic nitrogens is 2. The van der Waals surface area contributed by atoms with Gasteiger partial charge in [-0.25, -0.2) is 9.97 Å². The Morgan fingerprint density at radius 1 is 1.45 bits per heavy atom. The van der Waals surface area contributed by atoms with Crippen LogP contribution in [0.5, 0.6) is 0 Å². The standard InChI is InChI=1S/C14H20N4O3S/c1-2-20-5-6-21-10-3-4-18(7-10)13-12-14(16-9-15-13)22-8-11(19)17-12/h9-10H,2-8H2,1H3,(H,17,19)/t10-/m0/s1. The van der Waals surface area contributed by atoms with Gasteiger partial charge in [0, 0.05) is 19.7 Å². The van der Waals surface area contributed by atoms with Crippen LogP contribution >= 0.6 is 11.8 Å². The van der Waals surface area contributed by atoms with E-state index in [2.05, 4.69) is 20.2 Å². The number of nitrogens with zero attached hydrogens (tertiary/aromatic N) is 3. The third-order valence-corrected chi connectivity index (χ3v) is 4.62. The van der Waals surface area contributed by atoms with Crippen LogP contribution in [0.1, 0.15) is 13.3 Å². The Labute approximate surface area is 133 Å². The number of amides is 1. The van der Waals surface area contributed by atoms with Gasteiger partial charge in [-0.1, -0.05) is 11.8 Å². The van der Waals surface area contributed by atoms with Gasteiger partial charge in [0.05, 0.1) is 25.1 Å². The molecular formula is C14H20N4O3S. The van der Waals surface area contributed by atoms with Crippen molar-refractivity contribution in [2.24, 2.45) is 0 Å². The first kappa shape index (κ1) is 15.5. The van der Waals surface area contributed by atoms with Crippen LogP contribution in [-0.2, 0) is 14.3 Å². The van der Waals surface area contributed by atoms with Crippen molar-refractivity contribution in [3.63, 3.8) is 0 Å². The lowest BCUT2D eigenvalue weighted by Gasteiger charge is -2.24. The molecule has 0 radical (unpaired) electrons. The number of rotatable bonds is 6. The molecule has 22 heavy (non-hydrogen) atoms. The minimum Gasteiger partial charge on any atom is -0.379 e. The van der Waals surface area contributed by atoms with Gasteiger partial charge in [-0.15, -0.1) is 0 Å². The summed E-state index contributed by atoms with van der Waals surface area (Å²) in [4.78, 5) is 22.4. The SMILES string of the molecule is CCOCCO[C@H]1CCN(c2ncnc3c2NC(=O)CS3)C1. The average molecular weight is 324 g/mol. The monoisotopic (exact) mass is 324 g/mol. The van der Waals surface area contributed by atoms with Gasteiger partial charge in [0.15, 0.2) is 5.82 Å². The molecular weight excluding hydrogens is 304 g/mol. The van der Waals surface area contributed by atoms with Gasteiger partial charge >= 0.3 is 0 Å². The Kier molecular flexibility index (Phi) is 5.12. The summed E-state index contributed by atoms with van der Waals surface area (Å²) >= 11 is 1.45. The van der Waals surface area contributed by atoms with Crippen molar-refractivity contribution in [2.75, 3.05) is 48.9 Å².